The molecule has 3 aromatic rings. The number of carbonyl (C=O) groups is 1. The number of carbonyl (C=O) groups excluding carboxylic acids is 1. The predicted octanol–water partition coefficient (Wildman–Crippen LogP) is 4.47. The van der Waals surface area contributed by atoms with Crippen LogP contribution >= 0.6 is 11.8 Å². The fourth-order valence-corrected chi connectivity index (χ4v) is 4.50. The molecule has 0 aliphatic heterocycles. The number of nitrogens with zero attached hydrogens (tertiary/aromatic N) is 4. The number of rotatable bonds is 6. The van der Waals surface area contributed by atoms with Crippen LogP contribution in [0.25, 0.3) is 16.6 Å². The Hall–Kier alpha value is -2.29. The maximum Gasteiger partial charge on any atom is 0.406 e. The number of benzene rings is 1. The summed E-state index contributed by atoms with van der Waals surface area (Å²) >= 11 is 1.12. The van der Waals surface area contributed by atoms with Crippen molar-refractivity contribution in [3.8, 4) is 0 Å². The Morgan fingerprint density at radius 1 is 1.31 bits per heavy atom. The zero-order valence-corrected chi connectivity index (χ0v) is 16.9. The van der Waals surface area contributed by atoms with Crippen molar-refractivity contribution in [2.24, 2.45) is 5.92 Å². The number of para-hydroxylation sites is 1. The van der Waals surface area contributed by atoms with Crippen molar-refractivity contribution in [1.29, 1.82) is 0 Å². The lowest BCUT2D eigenvalue weighted by Gasteiger charge is -2.30. The minimum absolute atomic E-state index is 0.115. The van der Waals surface area contributed by atoms with Gasteiger partial charge in [-0.2, -0.15) is 13.2 Å². The molecule has 0 N–H and O–H groups in total. The van der Waals surface area contributed by atoms with E-state index in [1.54, 1.807) is 6.92 Å². The lowest BCUT2D eigenvalue weighted by atomic mass is 10.1. The summed E-state index contributed by atoms with van der Waals surface area (Å²) in [5, 5.41) is 9.87. The Morgan fingerprint density at radius 2 is 2.03 bits per heavy atom. The fraction of sp³-hybridized carbons (Fsp3) is 0.450. The van der Waals surface area contributed by atoms with Crippen LogP contribution in [0, 0.1) is 12.8 Å². The van der Waals surface area contributed by atoms with Crippen molar-refractivity contribution >= 4 is 34.2 Å². The molecule has 1 amide bonds. The van der Waals surface area contributed by atoms with Crippen molar-refractivity contribution in [1.82, 2.24) is 19.5 Å². The van der Waals surface area contributed by atoms with Crippen molar-refractivity contribution < 1.29 is 18.0 Å². The smallest absolute Gasteiger partial charge is 0.330 e. The minimum Gasteiger partial charge on any atom is -0.330 e. The summed E-state index contributed by atoms with van der Waals surface area (Å²) < 4.78 is 40.9. The second-order valence-corrected chi connectivity index (χ2v) is 8.47. The average Bonchev–Trinajstić information content (AvgIpc) is 3.44. The van der Waals surface area contributed by atoms with Gasteiger partial charge in [-0.1, -0.05) is 30.0 Å². The average molecular weight is 422 g/mol. The third kappa shape index (κ3) is 4.19. The molecule has 1 atom stereocenters. The highest BCUT2D eigenvalue weighted by molar-refractivity contribution is 7.99. The summed E-state index contributed by atoms with van der Waals surface area (Å²) in [6, 6.07) is 9.27. The molecule has 2 heterocycles. The first-order chi connectivity index (χ1) is 13.7. The van der Waals surface area contributed by atoms with Crippen molar-refractivity contribution in [3.05, 3.63) is 35.9 Å². The lowest BCUT2D eigenvalue weighted by molar-refractivity contribution is -0.164. The van der Waals surface area contributed by atoms with Crippen LogP contribution in [0.4, 0.5) is 13.2 Å². The Bertz CT molecular complexity index is 1060. The molecule has 0 radical (unpaired) electrons. The molecule has 2 aromatic heterocycles. The van der Waals surface area contributed by atoms with Crippen LogP contribution in [0.15, 0.2) is 35.5 Å². The van der Waals surface area contributed by atoms with Gasteiger partial charge in [-0.3, -0.25) is 9.20 Å². The van der Waals surface area contributed by atoms with Gasteiger partial charge in [-0.25, -0.2) is 0 Å². The topological polar surface area (TPSA) is 50.5 Å². The molecule has 1 aliphatic rings. The third-order valence-electron chi connectivity index (χ3n) is 5.36. The fourth-order valence-electron chi connectivity index (χ4n) is 3.66. The molecule has 1 fully saturated rings. The highest BCUT2D eigenvalue weighted by Crippen LogP contribution is 2.36. The molecule has 5 nitrogen and oxygen atoms in total. The van der Waals surface area contributed by atoms with Gasteiger partial charge in [0.2, 0.25) is 5.91 Å². The number of halogens is 3. The van der Waals surface area contributed by atoms with Gasteiger partial charge in [0.15, 0.2) is 10.8 Å². The number of thioether (sulfide) groups is 1. The van der Waals surface area contributed by atoms with Gasteiger partial charge in [0, 0.05) is 11.4 Å². The van der Waals surface area contributed by atoms with E-state index < -0.39 is 24.7 Å². The lowest BCUT2D eigenvalue weighted by Crippen LogP contribution is -2.46. The standard InChI is InChI=1S/C20H21F3N4OS/c1-12-9-17-24-25-19(27(17)16-6-4-3-5-15(12)16)29-10-18(28)26(11-20(21,22)23)13(2)14-7-8-14/h3-6,9,13-14H,7-8,10-11H2,1-2H3. The van der Waals surface area contributed by atoms with E-state index in [2.05, 4.69) is 10.2 Å². The molecular weight excluding hydrogens is 401 g/mol. The van der Waals surface area contributed by atoms with E-state index in [9.17, 15) is 18.0 Å². The SMILES string of the molecule is Cc1cc2nnc(SCC(=O)N(CC(F)(F)F)C(C)C3CC3)n2c2ccccc12. The molecule has 0 spiro atoms. The van der Waals surface area contributed by atoms with Crippen LogP contribution in [-0.4, -0.2) is 49.9 Å². The highest BCUT2D eigenvalue weighted by atomic mass is 32.2. The van der Waals surface area contributed by atoms with Crippen LogP contribution in [0.2, 0.25) is 0 Å². The zero-order valence-electron chi connectivity index (χ0n) is 16.1. The third-order valence-corrected chi connectivity index (χ3v) is 6.28. The van der Waals surface area contributed by atoms with Gasteiger partial charge >= 0.3 is 6.18 Å². The second kappa shape index (κ2) is 7.51. The van der Waals surface area contributed by atoms with E-state index in [4.69, 9.17) is 0 Å². The maximum absolute atomic E-state index is 13.0. The minimum atomic E-state index is -4.42. The van der Waals surface area contributed by atoms with Crippen LogP contribution in [0.5, 0.6) is 0 Å². The first kappa shape index (κ1) is 20.0. The van der Waals surface area contributed by atoms with E-state index in [0.29, 0.717) is 10.8 Å². The Morgan fingerprint density at radius 3 is 2.72 bits per heavy atom. The normalized spacial score (nSPS) is 15.8. The largest absolute Gasteiger partial charge is 0.406 e. The summed E-state index contributed by atoms with van der Waals surface area (Å²) in [6.45, 7) is 2.48. The number of hydrogen-bond acceptors (Lipinski definition) is 4. The summed E-state index contributed by atoms with van der Waals surface area (Å²) in [5.41, 5.74) is 2.61. The van der Waals surface area contributed by atoms with Gasteiger partial charge in [0.1, 0.15) is 6.54 Å². The number of pyridine rings is 1. The molecule has 1 aliphatic carbocycles. The number of alkyl halides is 3. The number of hydrogen-bond donors (Lipinski definition) is 0. The van der Waals surface area contributed by atoms with E-state index in [1.165, 1.54) is 0 Å². The Labute approximate surface area is 170 Å². The van der Waals surface area contributed by atoms with Crippen LogP contribution in [0.3, 0.4) is 0 Å². The molecule has 9 heteroatoms. The van der Waals surface area contributed by atoms with Crippen molar-refractivity contribution in [2.75, 3.05) is 12.3 Å². The molecule has 1 saturated carbocycles. The van der Waals surface area contributed by atoms with E-state index in [-0.39, 0.29) is 11.7 Å². The van der Waals surface area contributed by atoms with Crippen LogP contribution < -0.4 is 0 Å². The zero-order chi connectivity index (χ0) is 20.8. The van der Waals surface area contributed by atoms with Gasteiger partial charge in [0.05, 0.1) is 11.3 Å². The highest BCUT2D eigenvalue weighted by Gasteiger charge is 2.40. The Kier molecular flexibility index (Phi) is 5.18. The summed E-state index contributed by atoms with van der Waals surface area (Å²) in [6.07, 6.45) is -2.68. The summed E-state index contributed by atoms with van der Waals surface area (Å²) in [4.78, 5) is 13.7. The van der Waals surface area contributed by atoms with E-state index in [1.807, 2.05) is 41.7 Å². The predicted molar refractivity (Wildman–Crippen MR) is 106 cm³/mol. The molecule has 154 valence electrons. The van der Waals surface area contributed by atoms with Gasteiger partial charge < -0.3 is 4.90 Å². The molecule has 0 bridgehead atoms. The molecule has 1 aromatic carbocycles. The maximum atomic E-state index is 13.0. The number of aryl methyl sites for hydroxylation is 1. The van der Waals surface area contributed by atoms with Crippen LogP contribution in [0.1, 0.15) is 25.3 Å². The molecule has 29 heavy (non-hydrogen) atoms. The van der Waals surface area contributed by atoms with Crippen molar-refractivity contribution in [3.63, 3.8) is 0 Å². The monoisotopic (exact) mass is 422 g/mol. The molecular formula is C20H21F3N4OS. The van der Waals surface area contributed by atoms with E-state index in [0.717, 1.165) is 46.0 Å². The quantitative estimate of drug-likeness (QED) is 0.550. The summed E-state index contributed by atoms with van der Waals surface area (Å²) in [5.74, 6) is -0.483. The van der Waals surface area contributed by atoms with E-state index >= 15 is 0 Å². The van der Waals surface area contributed by atoms with Gasteiger partial charge in [-0.05, 0) is 50.3 Å². The molecule has 4 rings (SSSR count). The summed E-state index contributed by atoms with van der Waals surface area (Å²) in [7, 11) is 0. The molecule has 0 saturated heterocycles. The first-order valence-electron chi connectivity index (χ1n) is 9.47. The second-order valence-electron chi connectivity index (χ2n) is 7.52. The first-order valence-corrected chi connectivity index (χ1v) is 10.5. The number of amides is 1. The van der Waals surface area contributed by atoms with Crippen molar-refractivity contribution in [2.45, 2.75) is 44.1 Å². The number of fused-ring (bicyclic) bond motifs is 3. The van der Waals surface area contributed by atoms with Gasteiger partial charge in [0.25, 0.3) is 0 Å². The van der Waals surface area contributed by atoms with Gasteiger partial charge in [-0.15, -0.1) is 10.2 Å². The molecule has 1 unspecified atom stereocenters. The number of aromatic nitrogens is 3. The Balaban J connectivity index is 1.58. The van der Waals surface area contributed by atoms with Crippen LogP contribution in [-0.2, 0) is 4.79 Å².